The molecule has 1 aromatic rings. The highest BCUT2D eigenvalue weighted by molar-refractivity contribution is 5.75. The molecule has 118 valence electrons. The van der Waals surface area contributed by atoms with E-state index in [0.717, 1.165) is 30.6 Å². The van der Waals surface area contributed by atoms with Gasteiger partial charge in [0.2, 0.25) is 5.91 Å². The standard InChI is InChI=1S/C17H28N2O2/c1-3-14(10-11-18)8-9-17(20)19-13-15-6-5-7-16(12-15)21-4-2/h5-7,12,14H,3-4,8-11,13,18H2,1-2H3,(H,19,20). The number of nitrogens with one attached hydrogen (secondary N) is 1. The number of ether oxygens (including phenoxy) is 1. The summed E-state index contributed by atoms with van der Waals surface area (Å²) < 4.78 is 5.45. The van der Waals surface area contributed by atoms with Crippen molar-refractivity contribution in [1.29, 1.82) is 0 Å². The van der Waals surface area contributed by atoms with Crippen molar-refractivity contribution in [3.8, 4) is 5.75 Å². The summed E-state index contributed by atoms with van der Waals surface area (Å²) in [5.41, 5.74) is 6.63. The van der Waals surface area contributed by atoms with Gasteiger partial charge in [-0.15, -0.1) is 0 Å². The van der Waals surface area contributed by atoms with Crippen LogP contribution in [0.2, 0.25) is 0 Å². The van der Waals surface area contributed by atoms with Crippen molar-refractivity contribution in [1.82, 2.24) is 5.32 Å². The molecule has 1 rings (SSSR count). The van der Waals surface area contributed by atoms with Crippen LogP contribution in [0.1, 0.15) is 45.1 Å². The summed E-state index contributed by atoms with van der Waals surface area (Å²) in [5, 5.41) is 2.96. The Labute approximate surface area is 128 Å². The second-order valence-corrected chi connectivity index (χ2v) is 5.25. The van der Waals surface area contributed by atoms with Gasteiger partial charge in [0, 0.05) is 13.0 Å². The molecule has 1 atom stereocenters. The van der Waals surface area contributed by atoms with Gasteiger partial charge >= 0.3 is 0 Å². The van der Waals surface area contributed by atoms with Gasteiger partial charge in [-0.05, 0) is 49.9 Å². The second kappa shape index (κ2) is 10.2. The van der Waals surface area contributed by atoms with Crippen molar-refractivity contribution in [3.63, 3.8) is 0 Å². The molecule has 0 aromatic heterocycles. The van der Waals surface area contributed by atoms with Crippen LogP contribution < -0.4 is 15.8 Å². The minimum atomic E-state index is 0.104. The molecule has 0 fully saturated rings. The molecule has 3 N–H and O–H groups in total. The summed E-state index contributed by atoms with van der Waals surface area (Å²) in [6.07, 6.45) is 3.57. The van der Waals surface area contributed by atoms with Crippen LogP contribution in [0.15, 0.2) is 24.3 Å². The number of carbonyl (C=O) groups is 1. The Morgan fingerprint density at radius 1 is 1.33 bits per heavy atom. The molecule has 1 amide bonds. The van der Waals surface area contributed by atoms with Crippen LogP contribution in [0.5, 0.6) is 5.75 Å². The van der Waals surface area contributed by atoms with E-state index < -0.39 is 0 Å². The van der Waals surface area contributed by atoms with Crippen LogP contribution in [0, 0.1) is 5.92 Å². The molecular weight excluding hydrogens is 264 g/mol. The van der Waals surface area contributed by atoms with Gasteiger partial charge in [-0.3, -0.25) is 4.79 Å². The molecule has 4 heteroatoms. The lowest BCUT2D eigenvalue weighted by molar-refractivity contribution is -0.121. The lowest BCUT2D eigenvalue weighted by Gasteiger charge is -2.13. The molecule has 0 spiro atoms. The van der Waals surface area contributed by atoms with Gasteiger partial charge in [-0.1, -0.05) is 25.5 Å². The van der Waals surface area contributed by atoms with Crippen molar-refractivity contribution < 1.29 is 9.53 Å². The summed E-state index contributed by atoms with van der Waals surface area (Å²) >= 11 is 0. The van der Waals surface area contributed by atoms with E-state index in [4.69, 9.17) is 10.5 Å². The van der Waals surface area contributed by atoms with Gasteiger partial charge in [0.15, 0.2) is 0 Å². The van der Waals surface area contributed by atoms with E-state index in [1.165, 1.54) is 0 Å². The SMILES string of the molecule is CCOc1cccc(CNC(=O)CCC(CC)CCN)c1. The van der Waals surface area contributed by atoms with Crippen LogP contribution in [-0.2, 0) is 11.3 Å². The first-order valence-electron chi connectivity index (χ1n) is 7.88. The van der Waals surface area contributed by atoms with Gasteiger partial charge < -0.3 is 15.8 Å². The molecule has 0 aliphatic carbocycles. The fraction of sp³-hybridized carbons (Fsp3) is 0.588. The summed E-state index contributed by atoms with van der Waals surface area (Å²) in [6, 6.07) is 7.83. The Balaban J connectivity index is 2.33. The number of rotatable bonds is 10. The lowest BCUT2D eigenvalue weighted by atomic mass is 9.96. The van der Waals surface area contributed by atoms with E-state index in [2.05, 4.69) is 12.2 Å². The van der Waals surface area contributed by atoms with Crippen molar-refractivity contribution in [3.05, 3.63) is 29.8 Å². The van der Waals surface area contributed by atoms with E-state index in [9.17, 15) is 4.79 Å². The number of hydrogen-bond acceptors (Lipinski definition) is 3. The maximum atomic E-state index is 11.9. The molecule has 0 radical (unpaired) electrons. The monoisotopic (exact) mass is 292 g/mol. The number of carbonyl (C=O) groups excluding carboxylic acids is 1. The molecule has 0 saturated heterocycles. The Morgan fingerprint density at radius 3 is 2.81 bits per heavy atom. The number of hydrogen-bond donors (Lipinski definition) is 2. The van der Waals surface area contributed by atoms with Crippen molar-refractivity contribution in [2.45, 2.75) is 46.1 Å². The summed E-state index contributed by atoms with van der Waals surface area (Å²) in [4.78, 5) is 11.9. The van der Waals surface area contributed by atoms with Crippen molar-refractivity contribution in [2.24, 2.45) is 11.7 Å². The molecule has 0 bridgehead atoms. The minimum Gasteiger partial charge on any atom is -0.494 e. The van der Waals surface area contributed by atoms with E-state index >= 15 is 0 Å². The third-order valence-electron chi connectivity index (χ3n) is 3.63. The molecule has 21 heavy (non-hydrogen) atoms. The van der Waals surface area contributed by atoms with Crippen LogP contribution in [-0.4, -0.2) is 19.1 Å². The number of nitrogens with two attached hydrogens (primary N) is 1. The van der Waals surface area contributed by atoms with E-state index in [-0.39, 0.29) is 5.91 Å². The topological polar surface area (TPSA) is 64.3 Å². The number of amides is 1. The Morgan fingerprint density at radius 2 is 2.14 bits per heavy atom. The fourth-order valence-corrected chi connectivity index (χ4v) is 2.32. The van der Waals surface area contributed by atoms with Crippen LogP contribution in [0.25, 0.3) is 0 Å². The maximum Gasteiger partial charge on any atom is 0.220 e. The second-order valence-electron chi connectivity index (χ2n) is 5.25. The molecule has 1 aromatic carbocycles. The quantitative estimate of drug-likeness (QED) is 0.697. The van der Waals surface area contributed by atoms with Crippen LogP contribution >= 0.6 is 0 Å². The zero-order valence-electron chi connectivity index (χ0n) is 13.2. The third-order valence-corrected chi connectivity index (χ3v) is 3.63. The lowest BCUT2D eigenvalue weighted by Crippen LogP contribution is -2.23. The minimum absolute atomic E-state index is 0.104. The highest BCUT2D eigenvalue weighted by atomic mass is 16.5. The smallest absolute Gasteiger partial charge is 0.220 e. The molecule has 4 nitrogen and oxygen atoms in total. The highest BCUT2D eigenvalue weighted by Gasteiger charge is 2.09. The summed E-state index contributed by atoms with van der Waals surface area (Å²) in [5.74, 6) is 1.51. The molecule has 1 unspecified atom stereocenters. The van der Waals surface area contributed by atoms with Gasteiger partial charge in [0.1, 0.15) is 5.75 Å². The average Bonchev–Trinajstić information content (AvgIpc) is 2.50. The van der Waals surface area contributed by atoms with E-state index in [1.807, 2.05) is 31.2 Å². The molecule has 0 aliphatic rings. The zero-order valence-corrected chi connectivity index (χ0v) is 13.2. The first-order chi connectivity index (χ1) is 10.2. The Hall–Kier alpha value is -1.55. The molecular formula is C17H28N2O2. The van der Waals surface area contributed by atoms with E-state index in [1.54, 1.807) is 0 Å². The van der Waals surface area contributed by atoms with Crippen LogP contribution in [0.3, 0.4) is 0 Å². The highest BCUT2D eigenvalue weighted by Crippen LogP contribution is 2.15. The van der Waals surface area contributed by atoms with Gasteiger partial charge in [0.25, 0.3) is 0 Å². The largest absolute Gasteiger partial charge is 0.494 e. The van der Waals surface area contributed by atoms with E-state index in [0.29, 0.717) is 32.0 Å². The van der Waals surface area contributed by atoms with Gasteiger partial charge in [0.05, 0.1) is 6.61 Å². The van der Waals surface area contributed by atoms with Gasteiger partial charge in [-0.25, -0.2) is 0 Å². The van der Waals surface area contributed by atoms with Crippen molar-refractivity contribution in [2.75, 3.05) is 13.2 Å². The van der Waals surface area contributed by atoms with Gasteiger partial charge in [-0.2, -0.15) is 0 Å². The third kappa shape index (κ3) is 7.14. The predicted octanol–water partition coefficient (Wildman–Crippen LogP) is 2.86. The predicted molar refractivity (Wildman–Crippen MR) is 86.1 cm³/mol. The first kappa shape index (κ1) is 17.5. The Kier molecular flexibility index (Phi) is 8.51. The summed E-state index contributed by atoms with van der Waals surface area (Å²) in [6.45, 7) is 6.00. The first-order valence-corrected chi connectivity index (χ1v) is 7.88. The van der Waals surface area contributed by atoms with Crippen LogP contribution in [0.4, 0.5) is 0 Å². The fourth-order valence-electron chi connectivity index (χ4n) is 2.32. The van der Waals surface area contributed by atoms with Crippen molar-refractivity contribution >= 4 is 5.91 Å². The summed E-state index contributed by atoms with van der Waals surface area (Å²) in [7, 11) is 0. The number of benzene rings is 1. The Bertz CT molecular complexity index is 421. The maximum absolute atomic E-state index is 11.9. The molecule has 0 saturated carbocycles. The zero-order chi connectivity index (χ0) is 15.5. The average molecular weight is 292 g/mol. The molecule has 0 aliphatic heterocycles. The normalized spacial score (nSPS) is 12.0. The molecule has 0 heterocycles.